The first-order chi connectivity index (χ1) is 16.7. The van der Waals surface area contributed by atoms with E-state index in [-0.39, 0.29) is 23.5 Å². The zero-order valence-corrected chi connectivity index (χ0v) is 21.1. The van der Waals surface area contributed by atoms with Gasteiger partial charge in [-0.1, -0.05) is 45.0 Å². The minimum atomic E-state index is -0.476. The molecular formula is C30H37NO4. The SMILES string of the molecule is CC(C)(C)c1ccc(OCc2ccc(C(=O)OCC(=O)NC34CC5CC(CC(C5)C3)C4)cc2)cc1. The number of esters is 1. The van der Waals surface area contributed by atoms with Crippen molar-refractivity contribution in [3.05, 3.63) is 65.2 Å². The number of carbonyl (C=O) groups excluding carboxylic acids is 2. The second-order valence-electron chi connectivity index (χ2n) is 12.1. The molecule has 0 aliphatic heterocycles. The van der Waals surface area contributed by atoms with Gasteiger partial charge in [0, 0.05) is 5.54 Å². The third-order valence-electron chi connectivity index (χ3n) is 8.09. The highest BCUT2D eigenvalue weighted by Crippen LogP contribution is 2.55. The summed E-state index contributed by atoms with van der Waals surface area (Å²) in [7, 11) is 0. The lowest BCUT2D eigenvalue weighted by Gasteiger charge is -2.56. The number of ether oxygens (including phenoxy) is 2. The number of amides is 1. The number of hydrogen-bond donors (Lipinski definition) is 1. The Balaban J connectivity index is 1.08. The van der Waals surface area contributed by atoms with Gasteiger partial charge in [0.1, 0.15) is 12.4 Å². The average Bonchev–Trinajstić information content (AvgIpc) is 2.80. The number of rotatable bonds is 7. The molecule has 0 unspecified atom stereocenters. The van der Waals surface area contributed by atoms with Gasteiger partial charge >= 0.3 is 5.97 Å². The minimum absolute atomic E-state index is 0.0625. The number of benzene rings is 2. The van der Waals surface area contributed by atoms with E-state index in [1.807, 2.05) is 24.3 Å². The van der Waals surface area contributed by atoms with Crippen LogP contribution < -0.4 is 10.1 Å². The first-order valence-corrected chi connectivity index (χ1v) is 13.0. The van der Waals surface area contributed by atoms with Gasteiger partial charge in [0.2, 0.25) is 0 Å². The van der Waals surface area contributed by atoms with Crippen molar-refractivity contribution in [2.75, 3.05) is 6.61 Å². The Morgan fingerprint density at radius 1 is 0.886 bits per heavy atom. The van der Waals surface area contributed by atoms with E-state index >= 15 is 0 Å². The molecule has 186 valence electrons. The lowest BCUT2D eigenvalue weighted by molar-refractivity contribution is -0.130. The van der Waals surface area contributed by atoms with Gasteiger partial charge in [0.15, 0.2) is 6.61 Å². The van der Waals surface area contributed by atoms with E-state index in [0.29, 0.717) is 12.2 Å². The van der Waals surface area contributed by atoms with Crippen molar-refractivity contribution < 1.29 is 19.1 Å². The topological polar surface area (TPSA) is 64.6 Å². The fourth-order valence-corrected chi connectivity index (χ4v) is 6.76. The highest BCUT2D eigenvalue weighted by atomic mass is 16.5. The zero-order valence-electron chi connectivity index (χ0n) is 21.1. The summed E-state index contributed by atoms with van der Waals surface area (Å²) in [5.74, 6) is 2.43. The lowest BCUT2D eigenvalue weighted by Crippen LogP contribution is -2.60. The van der Waals surface area contributed by atoms with Crippen LogP contribution in [0.25, 0.3) is 0 Å². The van der Waals surface area contributed by atoms with Gasteiger partial charge in [0.25, 0.3) is 5.91 Å². The number of carbonyl (C=O) groups is 2. The van der Waals surface area contributed by atoms with Crippen LogP contribution in [0.15, 0.2) is 48.5 Å². The standard InChI is InChI=1S/C30H37NO4/c1-29(2,3)25-8-10-26(11-9-25)34-18-20-4-6-24(7-5-20)28(33)35-19-27(32)31-30-15-21-12-22(16-30)14-23(13-21)17-30/h4-11,21-23H,12-19H2,1-3H3,(H,31,32). The van der Waals surface area contributed by atoms with Crippen molar-refractivity contribution in [1.82, 2.24) is 5.32 Å². The largest absolute Gasteiger partial charge is 0.489 e. The maximum absolute atomic E-state index is 12.6. The smallest absolute Gasteiger partial charge is 0.338 e. The Kier molecular flexibility index (Phi) is 6.37. The molecule has 1 N–H and O–H groups in total. The molecule has 0 radical (unpaired) electrons. The molecule has 5 heteroatoms. The molecule has 0 aromatic heterocycles. The molecule has 1 amide bonds. The predicted octanol–water partition coefficient (Wildman–Crippen LogP) is 5.80. The van der Waals surface area contributed by atoms with Crippen LogP contribution in [0.1, 0.15) is 80.8 Å². The quantitative estimate of drug-likeness (QED) is 0.514. The Hall–Kier alpha value is -2.82. The van der Waals surface area contributed by atoms with Gasteiger partial charge in [-0.15, -0.1) is 0 Å². The molecule has 2 aromatic carbocycles. The maximum atomic E-state index is 12.6. The third-order valence-corrected chi connectivity index (χ3v) is 8.09. The second-order valence-corrected chi connectivity index (χ2v) is 12.1. The highest BCUT2D eigenvalue weighted by Gasteiger charge is 2.51. The van der Waals surface area contributed by atoms with Crippen LogP contribution in [0.5, 0.6) is 5.75 Å². The van der Waals surface area contributed by atoms with E-state index in [4.69, 9.17) is 9.47 Å². The van der Waals surface area contributed by atoms with Crippen LogP contribution >= 0.6 is 0 Å². The Morgan fingerprint density at radius 2 is 1.46 bits per heavy atom. The fraction of sp³-hybridized carbons (Fsp3) is 0.533. The van der Waals surface area contributed by atoms with Crippen molar-refractivity contribution in [1.29, 1.82) is 0 Å². The molecule has 0 heterocycles. The van der Waals surface area contributed by atoms with E-state index in [2.05, 4.69) is 38.2 Å². The van der Waals surface area contributed by atoms with Crippen LogP contribution in [0.3, 0.4) is 0 Å². The molecule has 0 atom stereocenters. The molecule has 0 spiro atoms. The summed E-state index contributed by atoms with van der Waals surface area (Å²) in [6, 6.07) is 15.3. The average molecular weight is 476 g/mol. The number of hydrogen-bond acceptors (Lipinski definition) is 4. The Morgan fingerprint density at radius 3 is 2.00 bits per heavy atom. The summed E-state index contributed by atoms with van der Waals surface area (Å²) in [6.07, 6.45) is 7.24. The highest BCUT2D eigenvalue weighted by molar-refractivity contribution is 5.91. The van der Waals surface area contributed by atoms with Crippen LogP contribution in [-0.2, 0) is 21.6 Å². The molecule has 5 nitrogen and oxygen atoms in total. The summed E-state index contributed by atoms with van der Waals surface area (Å²) in [6.45, 7) is 6.74. The van der Waals surface area contributed by atoms with Crippen molar-refractivity contribution in [3.63, 3.8) is 0 Å². The summed E-state index contributed by atoms with van der Waals surface area (Å²) in [5.41, 5.74) is 2.71. The summed E-state index contributed by atoms with van der Waals surface area (Å²) in [5, 5.41) is 3.25. The van der Waals surface area contributed by atoms with E-state index in [9.17, 15) is 9.59 Å². The molecule has 4 bridgehead atoms. The second kappa shape index (κ2) is 9.33. The van der Waals surface area contributed by atoms with E-state index in [0.717, 1.165) is 48.3 Å². The zero-order chi connectivity index (χ0) is 24.6. The normalized spacial score (nSPS) is 26.9. The third kappa shape index (κ3) is 5.55. The molecule has 4 fully saturated rings. The molecule has 0 saturated heterocycles. The molecule has 6 rings (SSSR count). The number of nitrogens with one attached hydrogen (secondary N) is 1. The van der Waals surface area contributed by atoms with E-state index < -0.39 is 5.97 Å². The maximum Gasteiger partial charge on any atom is 0.338 e. The molecule has 2 aromatic rings. The van der Waals surface area contributed by atoms with Gasteiger partial charge in [-0.05, 0) is 97.1 Å². The Bertz CT molecular complexity index is 1030. The van der Waals surface area contributed by atoms with Crippen LogP contribution in [0.4, 0.5) is 0 Å². The molecule has 35 heavy (non-hydrogen) atoms. The van der Waals surface area contributed by atoms with Crippen LogP contribution in [0, 0.1) is 17.8 Å². The molecule has 4 aliphatic carbocycles. The molecule has 4 aliphatic rings. The Labute approximate surface area is 208 Å². The summed E-state index contributed by atoms with van der Waals surface area (Å²) in [4.78, 5) is 25.1. The van der Waals surface area contributed by atoms with Crippen molar-refractivity contribution in [2.24, 2.45) is 17.8 Å². The summed E-state index contributed by atoms with van der Waals surface area (Å²) < 4.78 is 11.2. The first kappa shape index (κ1) is 23.9. The van der Waals surface area contributed by atoms with E-state index in [1.165, 1.54) is 24.8 Å². The predicted molar refractivity (Wildman–Crippen MR) is 135 cm³/mol. The van der Waals surface area contributed by atoms with Crippen LogP contribution in [0.2, 0.25) is 0 Å². The summed E-state index contributed by atoms with van der Waals surface area (Å²) >= 11 is 0. The fourth-order valence-electron chi connectivity index (χ4n) is 6.76. The first-order valence-electron chi connectivity index (χ1n) is 13.0. The van der Waals surface area contributed by atoms with Crippen molar-refractivity contribution in [2.45, 2.75) is 76.9 Å². The minimum Gasteiger partial charge on any atom is -0.489 e. The van der Waals surface area contributed by atoms with E-state index in [1.54, 1.807) is 12.1 Å². The monoisotopic (exact) mass is 475 g/mol. The van der Waals surface area contributed by atoms with Crippen molar-refractivity contribution >= 4 is 11.9 Å². The van der Waals surface area contributed by atoms with Gasteiger partial charge in [-0.25, -0.2) is 4.79 Å². The molecule has 4 saturated carbocycles. The van der Waals surface area contributed by atoms with Gasteiger partial charge in [-0.2, -0.15) is 0 Å². The van der Waals surface area contributed by atoms with Gasteiger partial charge in [-0.3, -0.25) is 4.79 Å². The molecular weight excluding hydrogens is 438 g/mol. The lowest BCUT2D eigenvalue weighted by atomic mass is 9.53. The van der Waals surface area contributed by atoms with Crippen molar-refractivity contribution in [3.8, 4) is 5.75 Å². The van der Waals surface area contributed by atoms with Crippen LogP contribution in [-0.4, -0.2) is 24.0 Å². The van der Waals surface area contributed by atoms with Gasteiger partial charge in [0.05, 0.1) is 5.56 Å². The van der Waals surface area contributed by atoms with Gasteiger partial charge < -0.3 is 14.8 Å².